The Morgan fingerprint density at radius 1 is 2.00 bits per heavy atom. The average molecular weight is 84.1 g/mol. The number of hydrogen-bond acceptors (Lipinski definition) is 2. The molecule has 1 aliphatic heterocycles. The molecule has 0 radical (unpaired) electrons. The summed E-state index contributed by atoms with van der Waals surface area (Å²) in [6.07, 6.45) is 2.05. The summed E-state index contributed by atoms with van der Waals surface area (Å²) in [5.74, 6) is -0.324. The monoisotopic (exact) mass is 84.0 g/mol. The van der Waals surface area contributed by atoms with Crippen LogP contribution < -0.4 is 0 Å². The van der Waals surface area contributed by atoms with Crippen molar-refractivity contribution in [2.45, 2.75) is 0 Å². The number of hydrogen-bond donors (Lipinski definition) is 0. The number of carbonyl (C=O) groups is 1. The molecule has 0 aromatic rings. The highest BCUT2D eigenvalue weighted by molar-refractivity contribution is 5.76. The van der Waals surface area contributed by atoms with Crippen molar-refractivity contribution in [1.82, 2.24) is 0 Å². The second-order valence-corrected chi connectivity index (χ2v) is 0.882. The molecule has 0 fully saturated rings. The highest BCUT2D eigenvalue weighted by atomic mass is 16.5. The largest absolute Gasteiger partial charge is 0.523 e. The SMILES string of the molecule is O=C1C[N+]#CO1. The highest BCUT2D eigenvalue weighted by Gasteiger charge is 2.15. The van der Waals surface area contributed by atoms with E-state index in [9.17, 15) is 4.79 Å². The summed E-state index contributed by atoms with van der Waals surface area (Å²) in [6.45, 7) is 0.139. The fourth-order valence-electron chi connectivity index (χ4n) is 0.212. The minimum Gasteiger partial charge on any atom is -0.309 e. The molecule has 0 amide bonds. The highest BCUT2D eigenvalue weighted by Crippen LogP contribution is 1.84. The molecule has 1 rings (SSSR count). The smallest absolute Gasteiger partial charge is 0.309 e. The van der Waals surface area contributed by atoms with Crippen molar-refractivity contribution in [2.24, 2.45) is 0 Å². The Morgan fingerprint density at radius 2 is 2.83 bits per heavy atom. The van der Waals surface area contributed by atoms with Gasteiger partial charge in [-0.1, -0.05) is 0 Å². The third kappa shape index (κ3) is 0.320. The van der Waals surface area contributed by atoms with E-state index in [-0.39, 0.29) is 12.5 Å². The Kier molecular flexibility index (Phi) is 0.515. The summed E-state index contributed by atoms with van der Waals surface area (Å²) in [6, 6.07) is 0. The van der Waals surface area contributed by atoms with Crippen LogP contribution in [0.2, 0.25) is 0 Å². The third-order valence-electron chi connectivity index (χ3n) is 0.432. The minimum absolute atomic E-state index is 0.139. The van der Waals surface area contributed by atoms with Crippen molar-refractivity contribution in [1.29, 1.82) is 0 Å². The van der Waals surface area contributed by atoms with Crippen LogP contribution in [-0.4, -0.2) is 12.5 Å². The van der Waals surface area contributed by atoms with Gasteiger partial charge >= 0.3 is 18.8 Å². The maximum atomic E-state index is 9.86. The lowest BCUT2D eigenvalue weighted by molar-refractivity contribution is -0.133. The molecule has 0 N–H and O–H groups in total. The van der Waals surface area contributed by atoms with E-state index < -0.39 is 0 Å². The summed E-state index contributed by atoms with van der Waals surface area (Å²) in [5, 5.41) is 0. The summed E-state index contributed by atoms with van der Waals surface area (Å²) in [4.78, 5) is 13.2. The van der Waals surface area contributed by atoms with Crippen LogP contribution in [0.5, 0.6) is 0 Å². The first-order valence-corrected chi connectivity index (χ1v) is 1.51. The molecule has 0 spiro atoms. The predicted octanol–water partition coefficient (Wildman–Crippen LogP) is -0.166. The number of rotatable bonds is 0. The van der Waals surface area contributed by atoms with Crippen LogP contribution in [0.4, 0.5) is 0 Å². The van der Waals surface area contributed by atoms with Crippen LogP contribution in [0.25, 0.3) is 4.85 Å². The molecular weight excluding hydrogens is 82.0 g/mol. The quantitative estimate of drug-likeness (QED) is 0.301. The van der Waals surface area contributed by atoms with E-state index in [1.165, 1.54) is 0 Å². The molecule has 0 aliphatic carbocycles. The molecule has 30 valence electrons. The second-order valence-electron chi connectivity index (χ2n) is 0.882. The first kappa shape index (κ1) is 3.16. The van der Waals surface area contributed by atoms with Gasteiger partial charge in [-0.3, -0.25) is 0 Å². The summed E-state index contributed by atoms with van der Waals surface area (Å²) >= 11 is 0. The van der Waals surface area contributed by atoms with Gasteiger partial charge in [0.05, 0.1) is 0 Å². The lowest BCUT2D eigenvalue weighted by Gasteiger charge is -1.64. The van der Waals surface area contributed by atoms with Gasteiger partial charge in [0.2, 0.25) is 0 Å². The number of nitrogens with zero attached hydrogens (tertiary/aromatic N) is 1. The number of ether oxygens (including phenoxy) is 1. The van der Waals surface area contributed by atoms with Crippen molar-refractivity contribution in [3.63, 3.8) is 0 Å². The molecule has 0 saturated heterocycles. The van der Waals surface area contributed by atoms with Crippen LogP contribution >= 0.6 is 0 Å². The van der Waals surface area contributed by atoms with Gasteiger partial charge in [0, 0.05) is 0 Å². The van der Waals surface area contributed by atoms with E-state index in [4.69, 9.17) is 0 Å². The fraction of sp³-hybridized carbons (Fsp3) is 0.333. The minimum atomic E-state index is -0.324. The van der Waals surface area contributed by atoms with Gasteiger partial charge in [-0.2, -0.15) is 0 Å². The van der Waals surface area contributed by atoms with Crippen LogP contribution in [0, 0.1) is 6.26 Å². The molecule has 6 heavy (non-hydrogen) atoms. The Labute approximate surface area is 34.3 Å². The van der Waals surface area contributed by atoms with Crippen LogP contribution in [-0.2, 0) is 9.53 Å². The molecule has 0 bridgehead atoms. The first-order chi connectivity index (χ1) is 2.89. The lowest BCUT2D eigenvalue weighted by atomic mass is 10.7. The maximum absolute atomic E-state index is 9.86. The van der Waals surface area contributed by atoms with Crippen molar-refractivity contribution >= 4 is 5.97 Å². The van der Waals surface area contributed by atoms with E-state index >= 15 is 0 Å². The van der Waals surface area contributed by atoms with Gasteiger partial charge in [0.1, 0.15) is 0 Å². The van der Waals surface area contributed by atoms with Crippen LogP contribution in [0.3, 0.4) is 0 Å². The topological polar surface area (TPSA) is 30.7 Å². The van der Waals surface area contributed by atoms with Crippen molar-refractivity contribution in [3.05, 3.63) is 4.85 Å². The standard InChI is InChI=1S/C3H2NO2/c5-3-1-4-2-6-3/h1H2/q+1. The van der Waals surface area contributed by atoms with Gasteiger partial charge in [-0.15, -0.1) is 0 Å². The molecule has 3 nitrogen and oxygen atoms in total. The van der Waals surface area contributed by atoms with Crippen molar-refractivity contribution < 1.29 is 9.53 Å². The third-order valence-corrected chi connectivity index (χ3v) is 0.432. The van der Waals surface area contributed by atoms with Crippen molar-refractivity contribution in [3.8, 4) is 6.26 Å². The first-order valence-electron chi connectivity index (χ1n) is 1.51. The molecule has 0 unspecified atom stereocenters. The molecule has 0 aromatic carbocycles. The van der Waals surface area contributed by atoms with E-state index in [1.54, 1.807) is 0 Å². The predicted molar refractivity (Wildman–Crippen MR) is 18.2 cm³/mol. The molecule has 0 saturated carbocycles. The molecule has 0 aromatic heterocycles. The zero-order valence-electron chi connectivity index (χ0n) is 2.97. The zero-order valence-corrected chi connectivity index (χ0v) is 2.97. The zero-order chi connectivity index (χ0) is 4.41. The van der Waals surface area contributed by atoms with E-state index in [0.29, 0.717) is 0 Å². The van der Waals surface area contributed by atoms with E-state index in [1.807, 2.05) is 6.26 Å². The number of carbonyl (C=O) groups excluding carboxylic acids is 1. The number of esters is 1. The lowest BCUT2D eigenvalue weighted by Crippen LogP contribution is -1.95. The second kappa shape index (κ2) is 0.977. The van der Waals surface area contributed by atoms with Gasteiger partial charge < -0.3 is 4.74 Å². The molecular formula is C3H2NO2+. The number of cyclic esters (lactones) is 1. The normalized spacial score (nSPS) is 15.7. The maximum Gasteiger partial charge on any atom is 0.523 e. The fourth-order valence-corrected chi connectivity index (χ4v) is 0.212. The Balaban J connectivity index is 2.58. The average Bonchev–Trinajstić information content (AvgIpc) is 1.86. The molecule has 0 atom stereocenters. The Hall–Kier alpha value is -1.04. The van der Waals surface area contributed by atoms with Gasteiger partial charge in [-0.25, -0.2) is 4.79 Å². The molecule has 3 heteroatoms. The van der Waals surface area contributed by atoms with Crippen molar-refractivity contribution in [2.75, 3.05) is 6.54 Å². The van der Waals surface area contributed by atoms with E-state index in [0.717, 1.165) is 0 Å². The van der Waals surface area contributed by atoms with Crippen LogP contribution in [0.1, 0.15) is 0 Å². The van der Waals surface area contributed by atoms with Gasteiger partial charge in [0.15, 0.2) is 0 Å². The van der Waals surface area contributed by atoms with E-state index in [2.05, 4.69) is 9.58 Å². The summed E-state index contributed by atoms with van der Waals surface area (Å²) in [5.41, 5.74) is 0. The summed E-state index contributed by atoms with van der Waals surface area (Å²) < 4.78 is 4.10. The Morgan fingerprint density at radius 3 is 3.00 bits per heavy atom. The van der Waals surface area contributed by atoms with Gasteiger partial charge in [-0.05, 0) is 4.85 Å². The molecule has 1 heterocycles. The molecule has 1 aliphatic rings. The van der Waals surface area contributed by atoms with Gasteiger partial charge in [0.25, 0.3) is 0 Å². The Bertz CT molecular complexity index is 117. The summed E-state index contributed by atoms with van der Waals surface area (Å²) in [7, 11) is 0. The van der Waals surface area contributed by atoms with Crippen LogP contribution in [0.15, 0.2) is 0 Å².